The van der Waals surface area contributed by atoms with E-state index in [0.29, 0.717) is 22.4 Å². The van der Waals surface area contributed by atoms with Crippen LogP contribution in [-0.2, 0) is 0 Å². The number of hydrogen-bond donors (Lipinski definition) is 1. The first kappa shape index (κ1) is 12.0. The maximum Gasteiger partial charge on any atom is 0.352 e. The van der Waals surface area contributed by atoms with Gasteiger partial charge in [0.05, 0.1) is 10.9 Å². The van der Waals surface area contributed by atoms with Crippen LogP contribution in [0, 0.1) is 17.0 Å². The van der Waals surface area contributed by atoms with Crippen molar-refractivity contribution >= 4 is 16.7 Å². The zero-order valence-corrected chi connectivity index (χ0v) is 10.4. The third-order valence-corrected chi connectivity index (χ3v) is 2.95. The second-order valence-corrected chi connectivity index (χ2v) is 4.20. The van der Waals surface area contributed by atoms with Crippen molar-refractivity contribution in [1.82, 2.24) is 19.5 Å². The molecule has 3 rings (SSSR count). The van der Waals surface area contributed by atoms with Gasteiger partial charge in [-0.15, -0.1) is 0 Å². The Balaban J connectivity index is 2.36. The third kappa shape index (κ3) is 1.74. The molecule has 0 atom stereocenters. The lowest BCUT2D eigenvalue weighted by Gasteiger charge is -2.03. The number of H-pyrrole nitrogens is 1. The molecule has 0 aliphatic carbocycles. The summed E-state index contributed by atoms with van der Waals surface area (Å²) in [4.78, 5) is 32.7. The van der Waals surface area contributed by atoms with Crippen LogP contribution < -0.4 is 5.56 Å². The highest BCUT2D eigenvalue weighted by molar-refractivity contribution is 5.85. The van der Waals surface area contributed by atoms with Gasteiger partial charge in [-0.3, -0.25) is 4.79 Å². The molecule has 0 saturated heterocycles. The van der Waals surface area contributed by atoms with Crippen LogP contribution in [-0.4, -0.2) is 24.4 Å². The van der Waals surface area contributed by atoms with Gasteiger partial charge in [0.25, 0.3) is 0 Å². The van der Waals surface area contributed by atoms with Crippen molar-refractivity contribution in [3.05, 3.63) is 56.9 Å². The maximum absolute atomic E-state index is 11.3. The van der Waals surface area contributed by atoms with Crippen LogP contribution >= 0.6 is 0 Å². The molecule has 0 spiro atoms. The second kappa shape index (κ2) is 4.26. The van der Waals surface area contributed by atoms with E-state index in [2.05, 4.69) is 15.0 Å². The van der Waals surface area contributed by atoms with Crippen molar-refractivity contribution in [2.24, 2.45) is 0 Å². The highest BCUT2D eigenvalue weighted by atomic mass is 16.6. The molecular formula is C12H9N5O3. The van der Waals surface area contributed by atoms with Crippen LogP contribution in [0.3, 0.4) is 0 Å². The summed E-state index contributed by atoms with van der Waals surface area (Å²) in [6.07, 6.45) is 2.83. The lowest BCUT2D eigenvalue weighted by atomic mass is 10.2. The summed E-state index contributed by atoms with van der Waals surface area (Å²) in [5.41, 5.74) is 0.618. The minimum absolute atomic E-state index is 0.142. The summed E-state index contributed by atoms with van der Waals surface area (Å²) in [6.45, 7) is 1.56. The predicted octanol–water partition coefficient (Wildman–Crippen LogP) is 1.33. The van der Waals surface area contributed by atoms with Crippen molar-refractivity contribution < 1.29 is 4.92 Å². The molecule has 8 nitrogen and oxygen atoms in total. The molecule has 3 aromatic heterocycles. The van der Waals surface area contributed by atoms with Crippen molar-refractivity contribution in [3.8, 4) is 5.82 Å². The van der Waals surface area contributed by atoms with Crippen molar-refractivity contribution in [2.45, 2.75) is 6.92 Å². The molecule has 8 heteroatoms. The highest BCUT2D eigenvalue weighted by Crippen LogP contribution is 2.24. The average molecular weight is 271 g/mol. The monoisotopic (exact) mass is 271 g/mol. The van der Waals surface area contributed by atoms with Crippen LogP contribution in [0.2, 0.25) is 0 Å². The molecular weight excluding hydrogens is 262 g/mol. The number of aromatic amines is 1. The van der Waals surface area contributed by atoms with E-state index in [9.17, 15) is 14.9 Å². The molecule has 20 heavy (non-hydrogen) atoms. The fourth-order valence-electron chi connectivity index (χ4n) is 2.07. The molecule has 0 saturated carbocycles. The highest BCUT2D eigenvalue weighted by Gasteiger charge is 2.22. The van der Waals surface area contributed by atoms with E-state index in [1.54, 1.807) is 19.1 Å². The van der Waals surface area contributed by atoms with E-state index in [1.807, 2.05) is 0 Å². The quantitative estimate of drug-likeness (QED) is 0.558. The van der Waals surface area contributed by atoms with Gasteiger partial charge in [0, 0.05) is 12.3 Å². The molecule has 0 aliphatic rings. The zero-order valence-electron chi connectivity index (χ0n) is 10.4. The molecule has 3 aromatic rings. The number of fused-ring (bicyclic) bond motifs is 1. The van der Waals surface area contributed by atoms with Crippen LogP contribution in [0.1, 0.15) is 5.69 Å². The van der Waals surface area contributed by atoms with Gasteiger partial charge < -0.3 is 15.1 Å². The summed E-state index contributed by atoms with van der Waals surface area (Å²) >= 11 is 0. The number of rotatable bonds is 2. The van der Waals surface area contributed by atoms with E-state index < -0.39 is 4.92 Å². The Kier molecular flexibility index (Phi) is 2.56. The SMILES string of the molecule is Cc1ncn(-c2nccc3[nH]c(=O)ccc23)c1[N+](=O)[O-]. The smallest absolute Gasteiger partial charge is 0.352 e. The Bertz CT molecular complexity index is 880. The minimum atomic E-state index is -0.505. The van der Waals surface area contributed by atoms with E-state index in [-0.39, 0.29) is 11.4 Å². The molecule has 0 fully saturated rings. The van der Waals surface area contributed by atoms with Gasteiger partial charge in [-0.05, 0) is 24.0 Å². The molecule has 0 bridgehead atoms. The summed E-state index contributed by atoms with van der Waals surface area (Å²) in [6, 6.07) is 4.56. The Morgan fingerprint density at radius 3 is 2.85 bits per heavy atom. The van der Waals surface area contributed by atoms with Gasteiger partial charge in [-0.25, -0.2) is 9.97 Å². The predicted molar refractivity (Wildman–Crippen MR) is 70.9 cm³/mol. The van der Waals surface area contributed by atoms with Crippen LogP contribution in [0.25, 0.3) is 16.7 Å². The van der Waals surface area contributed by atoms with Gasteiger partial charge in [-0.1, -0.05) is 0 Å². The maximum atomic E-state index is 11.3. The first-order valence-electron chi connectivity index (χ1n) is 5.74. The number of imidazole rings is 1. The Morgan fingerprint density at radius 1 is 1.30 bits per heavy atom. The number of aryl methyl sites for hydroxylation is 1. The second-order valence-electron chi connectivity index (χ2n) is 4.20. The fraction of sp³-hybridized carbons (Fsp3) is 0.0833. The normalized spacial score (nSPS) is 10.8. The lowest BCUT2D eigenvalue weighted by molar-refractivity contribution is -0.391. The van der Waals surface area contributed by atoms with Gasteiger partial charge in [0.2, 0.25) is 11.4 Å². The number of nitro groups is 1. The number of hydrogen-bond acceptors (Lipinski definition) is 5. The number of nitrogens with one attached hydrogen (secondary N) is 1. The molecule has 0 amide bonds. The fourth-order valence-corrected chi connectivity index (χ4v) is 2.07. The summed E-state index contributed by atoms with van der Waals surface area (Å²) in [7, 11) is 0. The lowest BCUT2D eigenvalue weighted by Crippen LogP contribution is -2.07. The number of pyridine rings is 2. The molecule has 1 N–H and O–H groups in total. The van der Waals surface area contributed by atoms with Crippen LogP contribution in [0.5, 0.6) is 0 Å². The van der Waals surface area contributed by atoms with Crippen molar-refractivity contribution in [2.75, 3.05) is 0 Å². The minimum Gasteiger partial charge on any atom is -0.358 e. The summed E-state index contributed by atoms with van der Waals surface area (Å²) in [5.74, 6) is 0.210. The van der Waals surface area contributed by atoms with E-state index >= 15 is 0 Å². The molecule has 0 aromatic carbocycles. The first-order chi connectivity index (χ1) is 9.58. The number of aromatic nitrogens is 4. The summed E-state index contributed by atoms with van der Waals surface area (Å²) in [5, 5.41) is 11.7. The molecule has 3 heterocycles. The van der Waals surface area contributed by atoms with Gasteiger partial charge in [0.1, 0.15) is 5.69 Å². The van der Waals surface area contributed by atoms with Crippen LogP contribution in [0.4, 0.5) is 5.82 Å². The van der Waals surface area contributed by atoms with Crippen molar-refractivity contribution in [1.29, 1.82) is 0 Å². The van der Waals surface area contributed by atoms with E-state index in [1.165, 1.54) is 23.2 Å². The van der Waals surface area contributed by atoms with Crippen molar-refractivity contribution in [3.63, 3.8) is 0 Å². The van der Waals surface area contributed by atoms with E-state index in [0.717, 1.165) is 0 Å². The summed E-state index contributed by atoms with van der Waals surface area (Å²) < 4.78 is 1.30. The largest absolute Gasteiger partial charge is 0.358 e. The van der Waals surface area contributed by atoms with Gasteiger partial charge >= 0.3 is 5.82 Å². The first-order valence-corrected chi connectivity index (χ1v) is 5.74. The van der Waals surface area contributed by atoms with Gasteiger partial charge in [0.15, 0.2) is 6.33 Å². The Morgan fingerprint density at radius 2 is 2.10 bits per heavy atom. The standard InChI is InChI=1S/C12H9N5O3/c1-7-12(17(19)20)16(6-14-7)11-8-2-3-10(18)15-9(8)4-5-13-11/h2-6H,1H3,(H,15,18). The zero-order chi connectivity index (χ0) is 14.3. The van der Waals surface area contributed by atoms with E-state index in [4.69, 9.17) is 0 Å². The van der Waals surface area contributed by atoms with Gasteiger partial charge in [-0.2, -0.15) is 4.57 Å². The molecule has 0 unspecified atom stereocenters. The molecule has 0 radical (unpaired) electrons. The number of nitrogens with zero attached hydrogens (tertiary/aromatic N) is 4. The molecule has 0 aliphatic heterocycles. The molecule has 100 valence electrons. The average Bonchev–Trinajstić information content (AvgIpc) is 2.79. The Labute approximate surface area is 111 Å². The third-order valence-electron chi connectivity index (χ3n) is 2.95. The van der Waals surface area contributed by atoms with Crippen LogP contribution in [0.15, 0.2) is 35.5 Å². The topological polar surface area (TPSA) is 107 Å². The Hall–Kier alpha value is -3.03.